The molecule has 0 N–H and O–H groups in total. The van der Waals surface area contributed by atoms with Crippen LogP contribution in [0.4, 0.5) is 0 Å². The van der Waals surface area contributed by atoms with Gasteiger partial charge < -0.3 is 4.42 Å². The van der Waals surface area contributed by atoms with Crippen molar-refractivity contribution in [3.63, 3.8) is 0 Å². The van der Waals surface area contributed by atoms with E-state index in [1.807, 2.05) is 29.6 Å². The van der Waals surface area contributed by atoms with Crippen molar-refractivity contribution in [2.75, 3.05) is 0 Å². The molecule has 0 atom stereocenters. The van der Waals surface area contributed by atoms with Gasteiger partial charge in [-0.1, -0.05) is 18.2 Å². The van der Waals surface area contributed by atoms with Gasteiger partial charge in [0.15, 0.2) is 4.90 Å². The van der Waals surface area contributed by atoms with Crippen molar-refractivity contribution in [3.8, 4) is 0 Å². The maximum Gasteiger partial charge on any atom is 0.344 e. The molecule has 3 aromatic rings. The van der Waals surface area contributed by atoms with E-state index in [-0.39, 0.29) is 5.63 Å². The molecule has 14 heavy (non-hydrogen) atoms. The molecule has 0 saturated heterocycles. The molecule has 0 amide bonds. The van der Waals surface area contributed by atoms with E-state index in [4.69, 9.17) is 4.42 Å². The summed E-state index contributed by atoms with van der Waals surface area (Å²) in [6, 6.07) is 9.49. The highest BCUT2D eigenvalue weighted by atomic mass is 32.1. The van der Waals surface area contributed by atoms with E-state index in [0.29, 0.717) is 10.3 Å². The molecule has 68 valence electrons. The van der Waals surface area contributed by atoms with Crippen LogP contribution in [0.3, 0.4) is 0 Å². The number of rotatable bonds is 0. The summed E-state index contributed by atoms with van der Waals surface area (Å²) in [6.07, 6.45) is 0. The zero-order valence-corrected chi connectivity index (χ0v) is 8.01. The zero-order valence-electron chi connectivity index (χ0n) is 7.19. The van der Waals surface area contributed by atoms with Crippen LogP contribution < -0.4 is 5.63 Å². The summed E-state index contributed by atoms with van der Waals surface area (Å²) in [5, 5.41) is 4.57. The van der Waals surface area contributed by atoms with Crippen LogP contribution in [-0.2, 0) is 0 Å². The Morgan fingerprint density at radius 1 is 1.00 bits per heavy atom. The lowest BCUT2D eigenvalue weighted by molar-refractivity contribution is 0.577. The Bertz CT molecular complexity index is 663. The van der Waals surface area contributed by atoms with Gasteiger partial charge in [0, 0.05) is 10.8 Å². The molecule has 0 aliphatic rings. The molecule has 0 fully saturated rings. The second-order valence-corrected chi connectivity index (χ2v) is 3.94. The zero-order chi connectivity index (χ0) is 9.54. The highest BCUT2D eigenvalue weighted by Gasteiger charge is 2.06. The smallest absolute Gasteiger partial charge is 0.344 e. The summed E-state index contributed by atoms with van der Waals surface area (Å²) in [7, 11) is 0. The average molecular weight is 202 g/mol. The third-order valence-corrected chi connectivity index (χ3v) is 3.04. The molecule has 0 saturated carbocycles. The largest absolute Gasteiger partial charge is 0.411 e. The number of hydrogen-bond donors (Lipinski definition) is 0. The van der Waals surface area contributed by atoms with Gasteiger partial charge in [0.25, 0.3) is 0 Å². The van der Waals surface area contributed by atoms with Crippen LogP contribution >= 0.6 is 11.3 Å². The van der Waals surface area contributed by atoms with Crippen LogP contribution in [0.5, 0.6) is 0 Å². The van der Waals surface area contributed by atoms with Gasteiger partial charge in [-0.3, -0.25) is 0 Å². The molecular weight excluding hydrogens is 196 g/mol. The fourth-order valence-electron chi connectivity index (χ4n) is 1.61. The molecule has 0 spiro atoms. The molecule has 0 unspecified atom stereocenters. The molecule has 2 aromatic heterocycles. The second-order valence-electron chi connectivity index (χ2n) is 3.06. The summed E-state index contributed by atoms with van der Waals surface area (Å²) in [5.41, 5.74) is -0.254. The summed E-state index contributed by atoms with van der Waals surface area (Å²) in [6.45, 7) is 0. The lowest BCUT2D eigenvalue weighted by Gasteiger charge is -1.95. The Morgan fingerprint density at radius 3 is 2.64 bits per heavy atom. The maximum absolute atomic E-state index is 11.5. The fraction of sp³-hybridized carbons (Fsp3) is 0. The third-order valence-electron chi connectivity index (χ3n) is 2.25. The van der Waals surface area contributed by atoms with E-state index in [9.17, 15) is 4.79 Å². The Labute approximate surface area is 83.4 Å². The molecule has 2 nitrogen and oxygen atoms in total. The van der Waals surface area contributed by atoms with Crippen LogP contribution in [0.15, 0.2) is 44.9 Å². The van der Waals surface area contributed by atoms with Crippen molar-refractivity contribution < 1.29 is 4.42 Å². The van der Waals surface area contributed by atoms with Crippen molar-refractivity contribution in [1.29, 1.82) is 0 Å². The van der Waals surface area contributed by atoms with E-state index in [0.717, 1.165) is 10.8 Å². The van der Waals surface area contributed by atoms with Gasteiger partial charge >= 0.3 is 5.63 Å². The first kappa shape index (κ1) is 7.76. The lowest BCUT2D eigenvalue weighted by Crippen LogP contribution is -1.97. The molecule has 3 rings (SSSR count). The van der Waals surface area contributed by atoms with Crippen molar-refractivity contribution in [2.24, 2.45) is 0 Å². The molecule has 2 heterocycles. The monoisotopic (exact) mass is 202 g/mol. The van der Waals surface area contributed by atoms with Crippen LogP contribution in [0.1, 0.15) is 0 Å². The minimum Gasteiger partial charge on any atom is -0.411 e. The topological polar surface area (TPSA) is 30.2 Å². The first-order chi connectivity index (χ1) is 6.86. The summed E-state index contributed by atoms with van der Waals surface area (Å²) in [4.78, 5) is 12.2. The summed E-state index contributed by atoms with van der Waals surface area (Å²) in [5.74, 6) is 0. The molecule has 0 aliphatic heterocycles. The standard InChI is InChI=1S/C11H6O2S/c12-10-8-4-2-1-3-7(8)9-5-6-14-11(9)13-10/h1-6H. The highest BCUT2D eigenvalue weighted by Crippen LogP contribution is 2.26. The summed E-state index contributed by atoms with van der Waals surface area (Å²) >= 11 is 1.45. The minimum atomic E-state index is -0.254. The van der Waals surface area contributed by atoms with Crippen LogP contribution in [0, 0.1) is 0 Å². The molecule has 0 aliphatic carbocycles. The minimum absolute atomic E-state index is 0.254. The van der Waals surface area contributed by atoms with E-state index in [2.05, 4.69) is 0 Å². The Hall–Kier alpha value is -1.61. The van der Waals surface area contributed by atoms with Crippen molar-refractivity contribution >= 4 is 32.4 Å². The summed E-state index contributed by atoms with van der Waals surface area (Å²) < 4.78 is 5.18. The van der Waals surface area contributed by atoms with Gasteiger partial charge in [0.2, 0.25) is 0 Å². The van der Waals surface area contributed by atoms with E-state index in [1.165, 1.54) is 11.3 Å². The molecule has 3 heteroatoms. The van der Waals surface area contributed by atoms with Gasteiger partial charge in [-0.05, 0) is 17.5 Å². The highest BCUT2D eigenvalue weighted by molar-refractivity contribution is 7.16. The molecule has 0 radical (unpaired) electrons. The molecular formula is C11H6O2S. The van der Waals surface area contributed by atoms with Gasteiger partial charge in [-0.25, -0.2) is 4.79 Å². The van der Waals surface area contributed by atoms with Gasteiger partial charge in [0.1, 0.15) is 0 Å². The van der Waals surface area contributed by atoms with Gasteiger partial charge in [-0.15, -0.1) is 11.3 Å². The first-order valence-corrected chi connectivity index (χ1v) is 5.13. The third kappa shape index (κ3) is 0.930. The van der Waals surface area contributed by atoms with Crippen molar-refractivity contribution in [3.05, 3.63) is 46.1 Å². The normalized spacial score (nSPS) is 11.1. The quantitative estimate of drug-likeness (QED) is 0.561. The van der Waals surface area contributed by atoms with Gasteiger partial charge in [0.05, 0.1) is 5.39 Å². The predicted molar refractivity (Wildman–Crippen MR) is 57.9 cm³/mol. The van der Waals surface area contributed by atoms with Gasteiger partial charge in [-0.2, -0.15) is 0 Å². The maximum atomic E-state index is 11.5. The molecule has 1 aromatic carbocycles. The lowest BCUT2D eigenvalue weighted by atomic mass is 10.1. The Balaban J connectivity index is 2.74. The fourth-order valence-corrected chi connectivity index (χ4v) is 2.37. The van der Waals surface area contributed by atoms with E-state index in [1.54, 1.807) is 6.07 Å². The number of benzene rings is 1. The van der Waals surface area contributed by atoms with Crippen LogP contribution in [0.25, 0.3) is 21.1 Å². The first-order valence-electron chi connectivity index (χ1n) is 4.25. The van der Waals surface area contributed by atoms with Crippen molar-refractivity contribution in [2.45, 2.75) is 0 Å². The number of fused-ring (bicyclic) bond motifs is 3. The van der Waals surface area contributed by atoms with Crippen molar-refractivity contribution in [1.82, 2.24) is 0 Å². The van der Waals surface area contributed by atoms with Crippen LogP contribution in [0.2, 0.25) is 0 Å². The second kappa shape index (κ2) is 2.69. The average Bonchev–Trinajstić information content (AvgIpc) is 2.66. The molecule has 0 bridgehead atoms. The predicted octanol–water partition coefficient (Wildman–Crippen LogP) is 3.01. The number of thiophene rings is 1. The van der Waals surface area contributed by atoms with E-state index >= 15 is 0 Å². The Morgan fingerprint density at radius 2 is 1.79 bits per heavy atom. The Kier molecular flexibility index (Phi) is 1.49. The van der Waals surface area contributed by atoms with E-state index < -0.39 is 0 Å². The SMILES string of the molecule is O=c1oc2sccc2c2ccccc12. The number of hydrogen-bond acceptors (Lipinski definition) is 3. The van der Waals surface area contributed by atoms with Crippen LogP contribution in [-0.4, -0.2) is 0 Å².